The molecule has 1 heterocycles. The number of nitrogens with two attached hydrogens (primary N) is 1. The summed E-state index contributed by atoms with van der Waals surface area (Å²) in [4.78, 5) is 14.0. The number of aromatic nitrogens is 1. The number of pyridine rings is 1. The minimum absolute atomic E-state index is 0.0608. The third-order valence-electron chi connectivity index (χ3n) is 2.80. The van der Waals surface area contributed by atoms with Gasteiger partial charge in [-0.05, 0) is 17.9 Å². The summed E-state index contributed by atoms with van der Waals surface area (Å²) in [7, 11) is 0. The summed E-state index contributed by atoms with van der Waals surface area (Å²) in [6.07, 6.45) is 1.03. The van der Waals surface area contributed by atoms with Crippen LogP contribution in [0.5, 0.6) is 0 Å². The van der Waals surface area contributed by atoms with Gasteiger partial charge in [0.1, 0.15) is 5.82 Å². The molecule has 3 N–H and O–H groups in total. The number of hydrogen-bond acceptors (Lipinski definition) is 5. The predicted molar refractivity (Wildman–Crippen MR) is 67.9 cm³/mol. The van der Waals surface area contributed by atoms with Crippen molar-refractivity contribution in [3.63, 3.8) is 0 Å². The maximum Gasteiger partial charge on any atom is 0.311 e. The molecule has 6 heteroatoms. The van der Waals surface area contributed by atoms with E-state index in [1.807, 2.05) is 0 Å². The number of hydrogen-bond donors (Lipinski definition) is 2. The van der Waals surface area contributed by atoms with Crippen LogP contribution in [0.3, 0.4) is 0 Å². The van der Waals surface area contributed by atoms with E-state index in [9.17, 15) is 10.1 Å². The first-order valence-electron chi connectivity index (χ1n) is 5.50. The average Bonchev–Trinajstić information content (AvgIpc) is 2.26. The quantitative estimate of drug-likeness (QED) is 0.606. The summed E-state index contributed by atoms with van der Waals surface area (Å²) < 4.78 is 0. The molecule has 1 aromatic heterocycles. The number of nitrogens with zero attached hydrogens (tertiary/aromatic N) is 2. The molecule has 0 atom stereocenters. The molecule has 94 valence electrons. The molecule has 6 nitrogen and oxygen atoms in total. The smallest absolute Gasteiger partial charge is 0.311 e. The molecule has 0 radical (unpaired) electrons. The minimum Gasteiger partial charge on any atom is -0.378 e. The van der Waals surface area contributed by atoms with Gasteiger partial charge >= 0.3 is 5.69 Å². The highest BCUT2D eigenvalue weighted by molar-refractivity contribution is 5.57. The van der Waals surface area contributed by atoms with E-state index in [2.05, 4.69) is 31.1 Å². The van der Waals surface area contributed by atoms with Crippen molar-refractivity contribution in [2.24, 2.45) is 5.41 Å². The molecule has 0 spiro atoms. The molecule has 17 heavy (non-hydrogen) atoms. The van der Waals surface area contributed by atoms with Gasteiger partial charge in [0.05, 0.1) is 4.92 Å². The molecule has 0 aliphatic heterocycles. The summed E-state index contributed by atoms with van der Waals surface area (Å²) in [6.45, 7) is 7.12. The lowest BCUT2D eigenvalue weighted by molar-refractivity contribution is -0.384. The van der Waals surface area contributed by atoms with E-state index >= 15 is 0 Å². The van der Waals surface area contributed by atoms with E-state index in [4.69, 9.17) is 5.73 Å². The largest absolute Gasteiger partial charge is 0.378 e. The van der Waals surface area contributed by atoms with Crippen LogP contribution in [0.4, 0.5) is 17.3 Å². The Bertz CT molecular complexity index is 418. The Morgan fingerprint density at radius 2 is 2.18 bits per heavy atom. The van der Waals surface area contributed by atoms with Gasteiger partial charge < -0.3 is 11.1 Å². The zero-order chi connectivity index (χ0) is 13.1. The van der Waals surface area contributed by atoms with Gasteiger partial charge in [0, 0.05) is 12.6 Å². The van der Waals surface area contributed by atoms with Crippen molar-refractivity contribution in [3.05, 3.63) is 22.2 Å². The second-order valence-electron chi connectivity index (χ2n) is 4.73. The summed E-state index contributed by atoms with van der Waals surface area (Å²) in [6, 6.07) is 2.93. The van der Waals surface area contributed by atoms with Crippen molar-refractivity contribution in [1.29, 1.82) is 0 Å². The van der Waals surface area contributed by atoms with Gasteiger partial charge in [-0.15, -0.1) is 0 Å². The summed E-state index contributed by atoms with van der Waals surface area (Å²) in [5.74, 6) is 0.504. The fraction of sp³-hybridized carbons (Fsp3) is 0.545. The number of nitrogens with one attached hydrogen (secondary N) is 1. The summed E-state index contributed by atoms with van der Waals surface area (Å²) >= 11 is 0. The molecule has 0 saturated carbocycles. The summed E-state index contributed by atoms with van der Waals surface area (Å²) in [5, 5.41) is 13.7. The van der Waals surface area contributed by atoms with Crippen LogP contribution in [0.2, 0.25) is 0 Å². The van der Waals surface area contributed by atoms with Crippen molar-refractivity contribution in [2.45, 2.75) is 27.2 Å². The first-order valence-corrected chi connectivity index (χ1v) is 5.50. The third kappa shape index (κ3) is 3.58. The van der Waals surface area contributed by atoms with Gasteiger partial charge in [-0.2, -0.15) is 0 Å². The van der Waals surface area contributed by atoms with E-state index in [0.29, 0.717) is 5.82 Å². The number of rotatable bonds is 5. The van der Waals surface area contributed by atoms with Crippen molar-refractivity contribution >= 4 is 17.3 Å². The number of nitrogen functional groups attached to an aromatic ring is 1. The molecule has 0 amide bonds. The minimum atomic E-state index is -0.540. The van der Waals surface area contributed by atoms with Gasteiger partial charge in [-0.1, -0.05) is 20.8 Å². The third-order valence-corrected chi connectivity index (χ3v) is 2.80. The van der Waals surface area contributed by atoms with Crippen LogP contribution in [-0.4, -0.2) is 16.5 Å². The second-order valence-corrected chi connectivity index (χ2v) is 4.73. The van der Waals surface area contributed by atoms with Crippen LogP contribution in [0, 0.1) is 15.5 Å². The molecule has 0 saturated heterocycles. The maximum absolute atomic E-state index is 10.6. The topological polar surface area (TPSA) is 94.1 Å². The van der Waals surface area contributed by atoms with Gasteiger partial charge in [0.15, 0.2) is 0 Å². The van der Waals surface area contributed by atoms with Crippen molar-refractivity contribution in [3.8, 4) is 0 Å². The zero-order valence-corrected chi connectivity index (χ0v) is 10.4. The fourth-order valence-electron chi connectivity index (χ4n) is 1.18. The molecule has 1 rings (SSSR count). The maximum atomic E-state index is 10.6. The molecular formula is C11H18N4O2. The fourth-order valence-corrected chi connectivity index (χ4v) is 1.18. The van der Waals surface area contributed by atoms with Crippen LogP contribution >= 0.6 is 0 Å². The normalized spacial score (nSPS) is 11.2. The van der Waals surface area contributed by atoms with Crippen molar-refractivity contribution in [1.82, 2.24) is 4.98 Å². The van der Waals surface area contributed by atoms with Gasteiger partial charge in [-0.3, -0.25) is 10.1 Å². The Hall–Kier alpha value is -1.85. The molecule has 1 aromatic rings. The van der Waals surface area contributed by atoms with E-state index in [0.717, 1.165) is 13.0 Å². The lowest BCUT2D eigenvalue weighted by Crippen LogP contribution is -2.22. The van der Waals surface area contributed by atoms with E-state index in [-0.39, 0.29) is 16.9 Å². The highest BCUT2D eigenvalue weighted by Gasteiger charge is 2.16. The predicted octanol–water partition coefficient (Wildman–Crippen LogP) is 2.42. The molecule has 0 aliphatic carbocycles. The van der Waals surface area contributed by atoms with Gasteiger partial charge in [0.25, 0.3) is 0 Å². The second kappa shape index (κ2) is 4.99. The lowest BCUT2D eigenvalue weighted by Gasteiger charge is -2.23. The van der Waals surface area contributed by atoms with Crippen LogP contribution in [0.1, 0.15) is 27.2 Å². The Morgan fingerprint density at radius 3 is 2.65 bits per heavy atom. The van der Waals surface area contributed by atoms with Crippen LogP contribution in [-0.2, 0) is 0 Å². The van der Waals surface area contributed by atoms with Crippen LogP contribution in [0.15, 0.2) is 12.1 Å². The Kier molecular flexibility index (Phi) is 3.88. The van der Waals surface area contributed by atoms with E-state index in [1.165, 1.54) is 6.07 Å². The molecule has 0 aromatic carbocycles. The zero-order valence-electron chi connectivity index (χ0n) is 10.4. The van der Waals surface area contributed by atoms with Crippen LogP contribution < -0.4 is 11.1 Å². The standard InChI is InChI=1S/C11H18N4O2/c1-4-11(2,3)7-13-9-6-5-8(15(16)17)10(12)14-9/h5-6H,4,7H2,1-3H3,(H3,12,13,14). The van der Waals surface area contributed by atoms with Crippen LogP contribution in [0.25, 0.3) is 0 Å². The first kappa shape index (κ1) is 13.2. The van der Waals surface area contributed by atoms with Crippen molar-refractivity contribution in [2.75, 3.05) is 17.6 Å². The summed E-state index contributed by atoms with van der Waals surface area (Å²) in [5.41, 5.74) is 5.49. The molecule has 0 aliphatic rings. The number of anilines is 2. The average molecular weight is 238 g/mol. The van der Waals surface area contributed by atoms with E-state index in [1.54, 1.807) is 6.07 Å². The number of nitro groups is 1. The van der Waals surface area contributed by atoms with Crippen molar-refractivity contribution < 1.29 is 4.92 Å². The van der Waals surface area contributed by atoms with Gasteiger partial charge in [-0.25, -0.2) is 4.98 Å². The Balaban J connectivity index is 2.75. The Labute approximate surface area is 100 Å². The first-order chi connectivity index (χ1) is 7.85. The SMILES string of the molecule is CCC(C)(C)CNc1ccc([N+](=O)[O-])c(N)n1. The lowest BCUT2D eigenvalue weighted by atomic mass is 9.90. The molecule has 0 bridgehead atoms. The van der Waals surface area contributed by atoms with E-state index < -0.39 is 4.92 Å². The highest BCUT2D eigenvalue weighted by atomic mass is 16.6. The molecule has 0 unspecified atom stereocenters. The Morgan fingerprint density at radius 1 is 1.53 bits per heavy atom. The monoisotopic (exact) mass is 238 g/mol. The van der Waals surface area contributed by atoms with Gasteiger partial charge in [0.2, 0.25) is 5.82 Å². The molecular weight excluding hydrogens is 220 g/mol. The highest BCUT2D eigenvalue weighted by Crippen LogP contribution is 2.23. The molecule has 0 fully saturated rings.